The minimum atomic E-state index is -1.01. The molecule has 0 aliphatic carbocycles. The summed E-state index contributed by atoms with van der Waals surface area (Å²) in [6, 6.07) is 0. The van der Waals surface area contributed by atoms with Crippen LogP contribution < -0.4 is 0 Å². The first kappa shape index (κ1) is 8.17. The Hall–Kier alpha value is -0.830. The molecule has 0 aliphatic heterocycles. The number of aliphatic carboxylic acids is 1. The van der Waals surface area contributed by atoms with Crippen molar-refractivity contribution in [3.05, 3.63) is 12.7 Å². The van der Waals surface area contributed by atoms with Crippen molar-refractivity contribution in [2.45, 2.75) is 13.0 Å². The molecule has 52 valence electrons. The highest BCUT2D eigenvalue weighted by Crippen LogP contribution is 2.02. The standard InChI is InChI=1S/C6H10O3/c1-3-5(7)4(2)6(8)9/h3-5,7H,1H2,2H3,(H,8,9)/t4-,5+/m1/s1. The number of aliphatic hydroxyl groups excluding tert-OH is 1. The van der Waals surface area contributed by atoms with E-state index in [2.05, 4.69) is 6.58 Å². The van der Waals surface area contributed by atoms with Gasteiger partial charge < -0.3 is 10.2 Å². The molecule has 3 heteroatoms. The number of rotatable bonds is 3. The first-order valence-electron chi connectivity index (χ1n) is 2.63. The van der Waals surface area contributed by atoms with Gasteiger partial charge in [0.2, 0.25) is 0 Å². The van der Waals surface area contributed by atoms with E-state index in [0.717, 1.165) is 0 Å². The zero-order valence-electron chi connectivity index (χ0n) is 5.24. The number of hydrogen-bond donors (Lipinski definition) is 2. The van der Waals surface area contributed by atoms with E-state index in [9.17, 15) is 4.79 Å². The fourth-order valence-corrected chi connectivity index (χ4v) is 0.350. The van der Waals surface area contributed by atoms with Gasteiger partial charge in [-0.2, -0.15) is 0 Å². The molecule has 0 saturated heterocycles. The lowest BCUT2D eigenvalue weighted by Crippen LogP contribution is -2.22. The summed E-state index contributed by atoms with van der Waals surface area (Å²) in [5.41, 5.74) is 0. The topological polar surface area (TPSA) is 57.5 Å². The molecule has 0 spiro atoms. The molecule has 0 amide bonds. The Labute approximate surface area is 53.6 Å². The summed E-state index contributed by atoms with van der Waals surface area (Å²) in [4.78, 5) is 10.1. The van der Waals surface area contributed by atoms with Gasteiger partial charge in [0.1, 0.15) is 0 Å². The predicted molar refractivity (Wildman–Crippen MR) is 33.0 cm³/mol. The van der Waals surface area contributed by atoms with Gasteiger partial charge in [-0.1, -0.05) is 6.08 Å². The van der Waals surface area contributed by atoms with Crippen LogP contribution in [0.5, 0.6) is 0 Å². The second kappa shape index (κ2) is 3.25. The van der Waals surface area contributed by atoms with E-state index in [1.54, 1.807) is 0 Å². The van der Waals surface area contributed by atoms with E-state index < -0.39 is 18.0 Å². The van der Waals surface area contributed by atoms with Crippen molar-refractivity contribution in [2.24, 2.45) is 5.92 Å². The van der Waals surface area contributed by atoms with Crippen LogP contribution in [0.4, 0.5) is 0 Å². The van der Waals surface area contributed by atoms with Crippen LogP contribution in [-0.4, -0.2) is 22.3 Å². The predicted octanol–water partition coefficient (Wildman–Crippen LogP) is 0.254. The van der Waals surface area contributed by atoms with E-state index in [-0.39, 0.29) is 0 Å². The highest BCUT2D eigenvalue weighted by molar-refractivity contribution is 5.70. The molecule has 0 aromatic carbocycles. The fraction of sp³-hybridized carbons (Fsp3) is 0.500. The van der Waals surface area contributed by atoms with Crippen molar-refractivity contribution in [3.63, 3.8) is 0 Å². The second-order valence-corrected chi connectivity index (χ2v) is 1.85. The summed E-state index contributed by atoms with van der Waals surface area (Å²) in [6.45, 7) is 4.68. The van der Waals surface area contributed by atoms with E-state index in [4.69, 9.17) is 10.2 Å². The van der Waals surface area contributed by atoms with Crippen LogP contribution in [0, 0.1) is 5.92 Å². The van der Waals surface area contributed by atoms with Gasteiger partial charge in [-0.25, -0.2) is 0 Å². The fourth-order valence-electron chi connectivity index (χ4n) is 0.350. The Morgan fingerprint density at radius 3 is 2.33 bits per heavy atom. The van der Waals surface area contributed by atoms with Gasteiger partial charge in [-0.15, -0.1) is 6.58 Å². The molecular formula is C6H10O3. The Morgan fingerprint density at radius 2 is 2.22 bits per heavy atom. The van der Waals surface area contributed by atoms with Gasteiger partial charge in [-0.3, -0.25) is 4.79 Å². The van der Waals surface area contributed by atoms with E-state index in [1.165, 1.54) is 13.0 Å². The maximum absolute atomic E-state index is 10.1. The van der Waals surface area contributed by atoms with Crippen LogP contribution in [0.2, 0.25) is 0 Å². The lowest BCUT2D eigenvalue weighted by atomic mass is 10.1. The number of carbonyl (C=O) groups is 1. The van der Waals surface area contributed by atoms with Gasteiger partial charge in [0, 0.05) is 0 Å². The van der Waals surface area contributed by atoms with Crippen molar-refractivity contribution in [3.8, 4) is 0 Å². The quantitative estimate of drug-likeness (QED) is 0.538. The molecule has 0 aromatic rings. The minimum absolute atomic E-state index is 0.762. The molecule has 0 fully saturated rings. The number of hydrogen-bond acceptors (Lipinski definition) is 2. The zero-order valence-corrected chi connectivity index (χ0v) is 5.24. The SMILES string of the molecule is C=C[C@H](O)[C@@H](C)C(=O)O. The maximum atomic E-state index is 10.1. The average molecular weight is 130 g/mol. The summed E-state index contributed by atoms with van der Waals surface area (Å²) < 4.78 is 0. The molecule has 0 aromatic heterocycles. The van der Waals surface area contributed by atoms with Crippen LogP contribution in [0.1, 0.15) is 6.92 Å². The highest BCUT2D eigenvalue weighted by Gasteiger charge is 2.17. The molecule has 0 bridgehead atoms. The Balaban J connectivity index is 3.86. The van der Waals surface area contributed by atoms with Crippen molar-refractivity contribution in [1.82, 2.24) is 0 Å². The summed E-state index contributed by atoms with van der Waals surface area (Å²) in [7, 11) is 0. The molecule has 0 rings (SSSR count). The molecule has 2 N–H and O–H groups in total. The summed E-state index contributed by atoms with van der Waals surface area (Å²) >= 11 is 0. The Kier molecular flexibility index (Phi) is 2.95. The number of aliphatic hydroxyl groups is 1. The Bertz CT molecular complexity index is 119. The lowest BCUT2D eigenvalue weighted by molar-refractivity contribution is -0.143. The van der Waals surface area contributed by atoms with Crippen LogP contribution in [0.3, 0.4) is 0 Å². The third-order valence-corrected chi connectivity index (χ3v) is 1.14. The van der Waals surface area contributed by atoms with Crippen molar-refractivity contribution in [1.29, 1.82) is 0 Å². The van der Waals surface area contributed by atoms with Crippen LogP contribution in [-0.2, 0) is 4.79 Å². The molecular weight excluding hydrogens is 120 g/mol. The smallest absolute Gasteiger partial charge is 0.309 e. The molecule has 0 aliphatic rings. The molecule has 2 atom stereocenters. The van der Waals surface area contributed by atoms with Crippen LogP contribution in [0.15, 0.2) is 12.7 Å². The van der Waals surface area contributed by atoms with E-state index in [1.807, 2.05) is 0 Å². The van der Waals surface area contributed by atoms with Gasteiger partial charge in [0.25, 0.3) is 0 Å². The molecule has 0 unspecified atom stereocenters. The molecule has 3 nitrogen and oxygen atoms in total. The maximum Gasteiger partial charge on any atom is 0.309 e. The zero-order chi connectivity index (χ0) is 7.44. The number of carboxylic acids is 1. The largest absolute Gasteiger partial charge is 0.481 e. The average Bonchev–Trinajstić information content (AvgIpc) is 1.84. The van der Waals surface area contributed by atoms with Crippen molar-refractivity contribution >= 4 is 5.97 Å². The van der Waals surface area contributed by atoms with Crippen LogP contribution >= 0.6 is 0 Å². The molecule has 0 radical (unpaired) electrons. The third-order valence-electron chi connectivity index (χ3n) is 1.14. The van der Waals surface area contributed by atoms with E-state index in [0.29, 0.717) is 0 Å². The first-order valence-corrected chi connectivity index (χ1v) is 2.63. The lowest BCUT2D eigenvalue weighted by Gasteiger charge is -2.08. The molecule has 0 heterocycles. The monoisotopic (exact) mass is 130 g/mol. The van der Waals surface area contributed by atoms with Gasteiger partial charge >= 0.3 is 5.97 Å². The summed E-state index contributed by atoms with van der Waals surface area (Å²) in [5, 5.41) is 17.1. The summed E-state index contributed by atoms with van der Waals surface area (Å²) in [6.07, 6.45) is 0.265. The minimum Gasteiger partial charge on any atom is -0.481 e. The Morgan fingerprint density at radius 1 is 1.78 bits per heavy atom. The van der Waals surface area contributed by atoms with Crippen molar-refractivity contribution in [2.75, 3.05) is 0 Å². The normalized spacial score (nSPS) is 16.2. The first-order chi connectivity index (χ1) is 4.09. The summed E-state index contributed by atoms with van der Waals surface area (Å²) in [5.74, 6) is -1.77. The second-order valence-electron chi connectivity index (χ2n) is 1.85. The molecule has 0 saturated carbocycles. The van der Waals surface area contributed by atoms with Crippen molar-refractivity contribution < 1.29 is 15.0 Å². The van der Waals surface area contributed by atoms with E-state index >= 15 is 0 Å². The van der Waals surface area contributed by atoms with Gasteiger partial charge in [0.05, 0.1) is 12.0 Å². The van der Waals surface area contributed by atoms with Crippen LogP contribution in [0.25, 0.3) is 0 Å². The van der Waals surface area contributed by atoms with Gasteiger partial charge in [0.15, 0.2) is 0 Å². The van der Waals surface area contributed by atoms with Gasteiger partial charge in [-0.05, 0) is 6.92 Å². The highest BCUT2D eigenvalue weighted by atomic mass is 16.4. The molecule has 9 heavy (non-hydrogen) atoms. The number of carboxylic acid groups (broad SMARTS) is 1. The third kappa shape index (κ3) is 2.28.